The van der Waals surface area contributed by atoms with E-state index in [1.54, 1.807) is 25.3 Å². The summed E-state index contributed by atoms with van der Waals surface area (Å²) in [6.07, 6.45) is 2.47. The Hall–Kier alpha value is -1.95. The molecule has 0 aliphatic carbocycles. The van der Waals surface area contributed by atoms with Gasteiger partial charge < -0.3 is 25.2 Å². The SMILES string of the molecule is CCNC(=NCc1cc(OC)ccc1O)NCC1CCCO1. The minimum Gasteiger partial charge on any atom is -0.508 e. The van der Waals surface area contributed by atoms with E-state index in [-0.39, 0.29) is 11.9 Å². The Labute approximate surface area is 131 Å². The molecule has 6 nitrogen and oxygen atoms in total. The molecule has 1 aliphatic rings. The Bertz CT molecular complexity index is 499. The van der Waals surface area contributed by atoms with Gasteiger partial charge in [-0.2, -0.15) is 0 Å². The Kier molecular flexibility index (Phi) is 6.33. The fraction of sp³-hybridized carbons (Fsp3) is 0.562. The summed E-state index contributed by atoms with van der Waals surface area (Å²) in [6, 6.07) is 5.14. The first kappa shape index (κ1) is 16.4. The molecule has 1 atom stereocenters. The maximum Gasteiger partial charge on any atom is 0.191 e. The van der Waals surface area contributed by atoms with Gasteiger partial charge in [0.25, 0.3) is 0 Å². The summed E-state index contributed by atoms with van der Waals surface area (Å²) in [5, 5.41) is 16.4. The van der Waals surface area contributed by atoms with Crippen LogP contribution in [0.25, 0.3) is 0 Å². The molecular formula is C16H25N3O3. The van der Waals surface area contributed by atoms with Gasteiger partial charge in [-0.25, -0.2) is 4.99 Å². The topological polar surface area (TPSA) is 75.1 Å². The van der Waals surface area contributed by atoms with Crippen LogP contribution in [0.3, 0.4) is 0 Å². The van der Waals surface area contributed by atoms with Crippen LogP contribution in [0, 0.1) is 0 Å². The minimum atomic E-state index is 0.222. The Morgan fingerprint density at radius 1 is 1.45 bits per heavy atom. The maximum atomic E-state index is 9.89. The maximum absolute atomic E-state index is 9.89. The molecule has 0 saturated carbocycles. The predicted molar refractivity (Wildman–Crippen MR) is 86.5 cm³/mol. The summed E-state index contributed by atoms with van der Waals surface area (Å²) in [7, 11) is 1.60. The smallest absolute Gasteiger partial charge is 0.191 e. The summed E-state index contributed by atoms with van der Waals surface area (Å²) in [6.45, 7) is 4.77. The normalized spacial score (nSPS) is 18.3. The van der Waals surface area contributed by atoms with Crippen LogP contribution in [0.1, 0.15) is 25.3 Å². The lowest BCUT2D eigenvalue weighted by Crippen LogP contribution is -2.41. The first-order chi connectivity index (χ1) is 10.7. The van der Waals surface area contributed by atoms with E-state index < -0.39 is 0 Å². The summed E-state index contributed by atoms with van der Waals surface area (Å²) in [4.78, 5) is 4.50. The molecule has 2 rings (SSSR count). The van der Waals surface area contributed by atoms with Gasteiger partial charge in [-0.1, -0.05) is 0 Å². The zero-order valence-electron chi connectivity index (χ0n) is 13.3. The summed E-state index contributed by atoms with van der Waals surface area (Å²) in [5.74, 6) is 1.65. The number of nitrogens with zero attached hydrogens (tertiary/aromatic N) is 1. The molecule has 22 heavy (non-hydrogen) atoms. The molecule has 0 bridgehead atoms. The molecule has 122 valence electrons. The van der Waals surface area contributed by atoms with Crippen molar-refractivity contribution in [1.82, 2.24) is 10.6 Å². The van der Waals surface area contributed by atoms with Gasteiger partial charge in [-0.05, 0) is 38.0 Å². The van der Waals surface area contributed by atoms with Crippen molar-refractivity contribution in [3.05, 3.63) is 23.8 Å². The highest BCUT2D eigenvalue weighted by Gasteiger charge is 2.15. The number of nitrogens with one attached hydrogen (secondary N) is 2. The summed E-state index contributed by atoms with van der Waals surface area (Å²) in [5.41, 5.74) is 0.730. The van der Waals surface area contributed by atoms with E-state index in [0.717, 1.165) is 44.1 Å². The van der Waals surface area contributed by atoms with E-state index in [1.165, 1.54) is 0 Å². The quantitative estimate of drug-likeness (QED) is 0.550. The largest absolute Gasteiger partial charge is 0.508 e. The third-order valence-corrected chi connectivity index (χ3v) is 3.56. The molecule has 0 spiro atoms. The number of aliphatic imine (C=N–C) groups is 1. The monoisotopic (exact) mass is 307 g/mol. The van der Waals surface area contributed by atoms with E-state index in [4.69, 9.17) is 9.47 Å². The van der Waals surface area contributed by atoms with E-state index in [9.17, 15) is 5.11 Å². The number of hydrogen-bond donors (Lipinski definition) is 3. The number of rotatable bonds is 6. The second kappa shape index (κ2) is 8.48. The molecule has 6 heteroatoms. The third kappa shape index (κ3) is 4.80. The van der Waals surface area contributed by atoms with Crippen molar-refractivity contribution in [2.75, 3.05) is 26.8 Å². The van der Waals surface area contributed by atoms with Gasteiger partial charge in [-0.15, -0.1) is 0 Å². The lowest BCUT2D eigenvalue weighted by atomic mass is 10.2. The van der Waals surface area contributed by atoms with Crippen LogP contribution >= 0.6 is 0 Å². The van der Waals surface area contributed by atoms with Crippen LogP contribution < -0.4 is 15.4 Å². The van der Waals surface area contributed by atoms with Crippen LogP contribution in [0.4, 0.5) is 0 Å². The fourth-order valence-electron chi connectivity index (χ4n) is 2.34. The summed E-state index contributed by atoms with van der Waals surface area (Å²) >= 11 is 0. The molecule has 0 aromatic heterocycles. The molecule has 3 N–H and O–H groups in total. The highest BCUT2D eigenvalue weighted by molar-refractivity contribution is 5.79. The third-order valence-electron chi connectivity index (χ3n) is 3.56. The van der Waals surface area contributed by atoms with Crippen molar-refractivity contribution in [2.24, 2.45) is 4.99 Å². The van der Waals surface area contributed by atoms with Gasteiger partial charge in [0.05, 0.1) is 19.8 Å². The van der Waals surface area contributed by atoms with Crippen LogP contribution in [0.15, 0.2) is 23.2 Å². The van der Waals surface area contributed by atoms with Crippen molar-refractivity contribution in [2.45, 2.75) is 32.4 Å². The van der Waals surface area contributed by atoms with Gasteiger partial charge in [0.1, 0.15) is 11.5 Å². The highest BCUT2D eigenvalue weighted by atomic mass is 16.5. The zero-order valence-corrected chi connectivity index (χ0v) is 13.3. The molecule has 1 heterocycles. The Morgan fingerprint density at radius 2 is 2.32 bits per heavy atom. The number of phenolic OH excluding ortho intramolecular Hbond substituents is 1. The van der Waals surface area contributed by atoms with Gasteiger partial charge in [-0.3, -0.25) is 0 Å². The van der Waals surface area contributed by atoms with E-state index in [2.05, 4.69) is 15.6 Å². The summed E-state index contributed by atoms with van der Waals surface area (Å²) < 4.78 is 10.8. The number of guanidine groups is 1. The molecule has 1 fully saturated rings. The zero-order chi connectivity index (χ0) is 15.8. The number of methoxy groups -OCH3 is 1. The van der Waals surface area contributed by atoms with Crippen LogP contribution in [-0.4, -0.2) is 44.0 Å². The first-order valence-electron chi connectivity index (χ1n) is 7.72. The first-order valence-corrected chi connectivity index (χ1v) is 7.72. The standard InChI is InChI=1S/C16H25N3O3/c1-3-17-16(19-11-14-5-4-8-22-14)18-10-12-9-13(21-2)6-7-15(12)20/h6-7,9,14,20H,3-5,8,10-11H2,1-2H3,(H2,17,18,19). The van der Waals surface area contributed by atoms with E-state index in [0.29, 0.717) is 12.3 Å². The van der Waals surface area contributed by atoms with Gasteiger partial charge in [0.2, 0.25) is 0 Å². The van der Waals surface area contributed by atoms with Crippen LogP contribution in [-0.2, 0) is 11.3 Å². The molecule has 0 amide bonds. The molecule has 1 saturated heterocycles. The second-order valence-corrected chi connectivity index (χ2v) is 5.21. The van der Waals surface area contributed by atoms with Crippen molar-refractivity contribution < 1.29 is 14.6 Å². The van der Waals surface area contributed by atoms with Crippen molar-refractivity contribution in [1.29, 1.82) is 0 Å². The van der Waals surface area contributed by atoms with E-state index >= 15 is 0 Å². The second-order valence-electron chi connectivity index (χ2n) is 5.21. The highest BCUT2D eigenvalue weighted by Crippen LogP contribution is 2.23. The number of aromatic hydroxyl groups is 1. The minimum absolute atomic E-state index is 0.222. The lowest BCUT2D eigenvalue weighted by molar-refractivity contribution is 0.114. The predicted octanol–water partition coefficient (Wildman–Crippen LogP) is 1.63. The average Bonchev–Trinajstić information content (AvgIpc) is 3.05. The average molecular weight is 307 g/mol. The van der Waals surface area contributed by atoms with Crippen molar-refractivity contribution in [3.8, 4) is 11.5 Å². The number of ether oxygens (including phenoxy) is 2. The molecular weight excluding hydrogens is 282 g/mol. The van der Waals surface area contributed by atoms with Gasteiger partial charge in [0, 0.05) is 25.3 Å². The van der Waals surface area contributed by atoms with Gasteiger partial charge >= 0.3 is 0 Å². The Balaban J connectivity index is 1.96. The Morgan fingerprint density at radius 3 is 3.00 bits per heavy atom. The fourth-order valence-corrected chi connectivity index (χ4v) is 2.34. The van der Waals surface area contributed by atoms with Crippen molar-refractivity contribution >= 4 is 5.96 Å². The molecule has 1 aromatic rings. The van der Waals surface area contributed by atoms with E-state index in [1.807, 2.05) is 6.92 Å². The number of benzene rings is 1. The van der Waals surface area contributed by atoms with Crippen LogP contribution in [0.5, 0.6) is 11.5 Å². The number of hydrogen-bond acceptors (Lipinski definition) is 4. The molecule has 1 aliphatic heterocycles. The molecule has 0 radical (unpaired) electrons. The van der Waals surface area contributed by atoms with Crippen LogP contribution in [0.2, 0.25) is 0 Å². The molecule has 1 unspecified atom stereocenters. The number of phenols is 1. The molecule has 1 aromatic carbocycles. The van der Waals surface area contributed by atoms with Gasteiger partial charge in [0.15, 0.2) is 5.96 Å². The van der Waals surface area contributed by atoms with Crippen molar-refractivity contribution in [3.63, 3.8) is 0 Å². The lowest BCUT2D eigenvalue weighted by Gasteiger charge is -2.15.